The van der Waals surface area contributed by atoms with Crippen molar-refractivity contribution in [2.45, 2.75) is 13.8 Å². The molecule has 2 nitrogen and oxygen atoms in total. The molecule has 0 N–H and O–H groups in total. The van der Waals surface area contributed by atoms with E-state index in [1.165, 1.54) is 0 Å². The molecule has 0 heterocycles. The molecule has 0 aromatic rings. The average molecular weight is 330 g/mol. The molecule has 72 valence electrons. The van der Waals surface area contributed by atoms with Gasteiger partial charge in [0.25, 0.3) is 0 Å². The van der Waals surface area contributed by atoms with Gasteiger partial charge in [0.05, 0.1) is 13.2 Å². The summed E-state index contributed by atoms with van der Waals surface area (Å²) in [4.78, 5) is 0. The van der Waals surface area contributed by atoms with E-state index in [4.69, 9.17) is 0 Å². The van der Waals surface area contributed by atoms with Gasteiger partial charge < -0.3 is 59.2 Å². The summed E-state index contributed by atoms with van der Waals surface area (Å²) < 4.78 is 9.59. The van der Waals surface area contributed by atoms with Crippen LogP contribution in [0.5, 0.6) is 0 Å². The Morgan fingerprint density at radius 3 is 1.23 bits per heavy atom. The van der Waals surface area contributed by atoms with Gasteiger partial charge >= 0.3 is 45.5 Å². The Kier molecular flexibility index (Phi) is 25.0. The molecular weight excluding hydrogens is 320 g/mol. The molecule has 0 saturated carbocycles. The molecule has 13 heavy (non-hydrogen) atoms. The second-order valence-corrected chi connectivity index (χ2v) is 3.37. The van der Waals surface area contributed by atoms with E-state index in [-0.39, 0.29) is 54.2 Å². The SMILES string of the molecule is CCOC(=S)[S-].CCOC(=S)[S-].[Sr+2]. The van der Waals surface area contributed by atoms with Crippen molar-refractivity contribution in [3.8, 4) is 0 Å². The Morgan fingerprint density at radius 1 is 1.00 bits per heavy atom. The topological polar surface area (TPSA) is 18.5 Å². The molecule has 0 bridgehead atoms. The zero-order valence-electron chi connectivity index (χ0n) is 7.57. The third-order valence-electron chi connectivity index (χ3n) is 0.524. The van der Waals surface area contributed by atoms with Crippen LogP contribution >= 0.6 is 24.4 Å². The second kappa shape index (κ2) is 16.1. The standard InChI is InChI=1S/2C3H6OS2.Sr/c2*1-2-4-3(5)6;/h2*2H2,1H3,(H,5,6);/q;;+2/p-2. The number of hydrogen-bond acceptors (Lipinski definition) is 6. The molecule has 0 aromatic heterocycles. The van der Waals surface area contributed by atoms with Crippen LogP contribution in [0.3, 0.4) is 0 Å². The molecule has 7 heteroatoms. The van der Waals surface area contributed by atoms with E-state index in [9.17, 15) is 0 Å². The van der Waals surface area contributed by atoms with E-state index in [1.54, 1.807) is 0 Å². The zero-order chi connectivity index (χ0) is 9.98. The predicted molar refractivity (Wildman–Crippen MR) is 68.9 cm³/mol. The molecule has 0 spiro atoms. The second-order valence-electron chi connectivity index (χ2n) is 1.37. The van der Waals surface area contributed by atoms with Gasteiger partial charge in [-0.25, -0.2) is 0 Å². The minimum Gasteiger partial charge on any atom is -0.514 e. The third-order valence-corrected chi connectivity index (χ3v) is 0.996. The molecule has 0 amide bonds. The van der Waals surface area contributed by atoms with Crippen molar-refractivity contribution in [3.63, 3.8) is 0 Å². The van der Waals surface area contributed by atoms with Gasteiger partial charge in [-0.3, -0.25) is 0 Å². The Bertz CT molecular complexity index is 127. The first kappa shape index (κ1) is 20.2. The number of rotatable bonds is 2. The van der Waals surface area contributed by atoms with Gasteiger partial charge in [0, 0.05) is 8.77 Å². The molecule has 0 saturated heterocycles. The first-order chi connectivity index (χ1) is 5.54. The average Bonchev–Trinajstić information content (AvgIpc) is 1.87. The normalized spacial score (nSPS) is 6.92. The Balaban J connectivity index is -0.000000143. The van der Waals surface area contributed by atoms with Gasteiger partial charge in [0.1, 0.15) is 0 Å². The molecule has 0 aromatic carbocycles. The molecule has 0 fully saturated rings. The molecule has 0 aliphatic carbocycles. The third kappa shape index (κ3) is 31.6. The van der Waals surface area contributed by atoms with Crippen LogP contribution < -0.4 is 0 Å². The Hall–Kier alpha value is 1.70. The van der Waals surface area contributed by atoms with Gasteiger partial charge in [0.15, 0.2) is 0 Å². The van der Waals surface area contributed by atoms with E-state index < -0.39 is 0 Å². The molecule has 0 atom stereocenters. The van der Waals surface area contributed by atoms with Gasteiger partial charge in [0.2, 0.25) is 0 Å². The molecule has 0 radical (unpaired) electrons. The van der Waals surface area contributed by atoms with Crippen molar-refractivity contribution >= 4 is 104 Å². The van der Waals surface area contributed by atoms with Gasteiger partial charge in [-0.05, 0) is 13.8 Å². The van der Waals surface area contributed by atoms with Gasteiger partial charge in [-0.1, -0.05) is 0 Å². The van der Waals surface area contributed by atoms with Crippen LogP contribution in [-0.4, -0.2) is 67.5 Å². The Morgan fingerprint density at radius 2 is 1.23 bits per heavy atom. The van der Waals surface area contributed by atoms with Crippen molar-refractivity contribution in [1.29, 1.82) is 0 Å². The van der Waals surface area contributed by atoms with Crippen LogP contribution in [0.15, 0.2) is 0 Å². The summed E-state index contributed by atoms with van der Waals surface area (Å²) in [5.41, 5.74) is 0. The van der Waals surface area contributed by atoms with E-state index in [1.807, 2.05) is 13.8 Å². The van der Waals surface area contributed by atoms with Gasteiger partial charge in [-0.2, -0.15) is 0 Å². The summed E-state index contributed by atoms with van der Waals surface area (Å²) in [6.45, 7) is 4.86. The first-order valence-corrected chi connectivity index (χ1v) is 4.85. The number of hydrogen-bond donors (Lipinski definition) is 0. The van der Waals surface area contributed by atoms with E-state index in [0.717, 1.165) is 0 Å². The summed E-state index contributed by atoms with van der Waals surface area (Å²) in [5.74, 6) is 0. The van der Waals surface area contributed by atoms with Crippen LogP contribution in [0, 0.1) is 0 Å². The molecular formula is C6H10O2S4Sr. The smallest absolute Gasteiger partial charge is 0.514 e. The van der Waals surface area contributed by atoms with Crippen LogP contribution in [0.1, 0.15) is 13.8 Å². The largest absolute Gasteiger partial charge is 2.00 e. The quantitative estimate of drug-likeness (QED) is 0.429. The van der Waals surface area contributed by atoms with Crippen LogP contribution in [-0.2, 0) is 34.7 Å². The van der Waals surface area contributed by atoms with Crippen molar-refractivity contribution in [1.82, 2.24) is 0 Å². The van der Waals surface area contributed by atoms with Gasteiger partial charge in [-0.15, -0.1) is 0 Å². The number of ether oxygens (including phenoxy) is 2. The molecule has 0 rings (SSSR count). The summed E-state index contributed by atoms with van der Waals surface area (Å²) in [7, 11) is 0. The predicted octanol–water partition coefficient (Wildman–Crippen LogP) is 1.33. The maximum absolute atomic E-state index is 4.59. The first-order valence-electron chi connectivity index (χ1n) is 3.22. The maximum Gasteiger partial charge on any atom is 2.00 e. The fraction of sp³-hybridized carbons (Fsp3) is 0.667. The minimum absolute atomic E-state index is 0. The Labute approximate surface area is 138 Å². The van der Waals surface area contributed by atoms with Crippen LogP contribution in [0.2, 0.25) is 0 Å². The van der Waals surface area contributed by atoms with Crippen LogP contribution in [0.4, 0.5) is 0 Å². The van der Waals surface area contributed by atoms with E-state index in [2.05, 4.69) is 59.2 Å². The monoisotopic (exact) mass is 330 g/mol. The fourth-order valence-corrected chi connectivity index (χ4v) is 0.707. The van der Waals surface area contributed by atoms with Crippen LogP contribution in [0.25, 0.3) is 0 Å². The fourth-order valence-electron chi connectivity index (χ4n) is 0.236. The number of thiocarbonyl (C=S) groups is 2. The molecule has 0 unspecified atom stereocenters. The molecule has 0 aliphatic rings. The summed E-state index contributed by atoms with van der Waals surface area (Å²) >= 11 is 17.5. The van der Waals surface area contributed by atoms with Crippen molar-refractivity contribution < 1.29 is 9.47 Å². The van der Waals surface area contributed by atoms with E-state index in [0.29, 0.717) is 13.2 Å². The molecule has 0 aliphatic heterocycles. The minimum atomic E-state index is 0. The van der Waals surface area contributed by atoms with E-state index >= 15 is 0 Å². The zero-order valence-corrected chi connectivity index (χ0v) is 14.3. The summed E-state index contributed by atoms with van der Waals surface area (Å²) in [6.07, 6.45) is 0. The van der Waals surface area contributed by atoms with Crippen molar-refractivity contribution in [3.05, 3.63) is 0 Å². The van der Waals surface area contributed by atoms with Crippen molar-refractivity contribution in [2.24, 2.45) is 0 Å². The maximum atomic E-state index is 4.59. The summed E-state index contributed by atoms with van der Waals surface area (Å²) in [6, 6.07) is 0. The summed E-state index contributed by atoms with van der Waals surface area (Å²) in [5, 5.41) is 0. The van der Waals surface area contributed by atoms with Crippen molar-refractivity contribution in [2.75, 3.05) is 13.2 Å².